The minimum atomic E-state index is -0.434. The zero-order chi connectivity index (χ0) is 9.84. The van der Waals surface area contributed by atoms with Crippen molar-refractivity contribution < 1.29 is 8.78 Å². The van der Waals surface area contributed by atoms with E-state index in [4.69, 9.17) is 11.6 Å². The molecule has 0 heterocycles. The SMILES string of the molecule is C=C(Cl)CCc1cc(F)ccc1F. The molecule has 0 nitrogen and oxygen atoms in total. The highest BCUT2D eigenvalue weighted by Crippen LogP contribution is 2.15. The molecule has 70 valence electrons. The van der Waals surface area contributed by atoms with Crippen LogP contribution in [0.25, 0.3) is 0 Å². The molecular formula is C10H9ClF2. The van der Waals surface area contributed by atoms with Crippen molar-refractivity contribution in [1.82, 2.24) is 0 Å². The fourth-order valence-electron chi connectivity index (χ4n) is 1.01. The Morgan fingerprint density at radius 1 is 1.38 bits per heavy atom. The van der Waals surface area contributed by atoms with Crippen LogP contribution in [0.15, 0.2) is 29.8 Å². The van der Waals surface area contributed by atoms with Gasteiger partial charge in [-0.1, -0.05) is 18.2 Å². The van der Waals surface area contributed by atoms with Crippen LogP contribution >= 0.6 is 11.6 Å². The van der Waals surface area contributed by atoms with Crippen LogP contribution in [0.5, 0.6) is 0 Å². The molecule has 0 saturated heterocycles. The van der Waals surface area contributed by atoms with Crippen LogP contribution in [0.1, 0.15) is 12.0 Å². The van der Waals surface area contributed by atoms with E-state index in [0.717, 1.165) is 12.1 Å². The third-order valence-electron chi connectivity index (χ3n) is 1.67. The number of hydrogen-bond acceptors (Lipinski definition) is 0. The molecular weight excluding hydrogens is 194 g/mol. The van der Waals surface area contributed by atoms with Crippen molar-refractivity contribution in [3.8, 4) is 0 Å². The van der Waals surface area contributed by atoms with Gasteiger partial charge in [0.1, 0.15) is 11.6 Å². The normalized spacial score (nSPS) is 10.1. The Morgan fingerprint density at radius 3 is 2.69 bits per heavy atom. The average molecular weight is 203 g/mol. The molecule has 0 unspecified atom stereocenters. The summed E-state index contributed by atoms with van der Waals surface area (Å²) in [4.78, 5) is 0. The van der Waals surface area contributed by atoms with E-state index in [-0.39, 0.29) is 0 Å². The number of hydrogen-bond donors (Lipinski definition) is 0. The predicted molar refractivity (Wildman–Crippen MR) is 49.7 cm³/mol. The van der Waals surface area contributed by atoms with Gasteiger partial charge in [0.05, 0.1) is 0 Å². The molecule has 0 spiro atoms. The van der Waals surface area contributed by atoms with Gasteiger partial charge < -0.3 is 0 Å². The van der Waals surface area contributed by atoms with E-state index < -0.39 is 11.6 Å². The van der Waals surface area contributed by atoms with Gasteiger partial charge in [0.15, 0.2) is 0 Å². The summed E-state index contributed by atoms with van der Waals surface area (Å²) in [5, 5.41) is 0.448. The second kappa shape index (κ2) is 4.38. The lowest BCUT2D eigenvalue weighted by atomic mass is 10.1. The first kappa shape index (κ1) is 10.2. The first-order valence-corrected chi connectivity index (χ1v) is 4.24. The van der Waals surface area contributed by atoms with E-state index in [1.54, 1.807) is 0 Å². The largest absolute Gasteiger partial charge is 0.207 e. The number of rotatable bonds is 3. The van der Waals surface area contributed by atoms with Crippen LogP contribution in [0, 0.1) is 11.6 Å². The van der Waals surface area contributed by atoms with E-state index in [1.165, 1.54) is 6.07 Å². The molecule has 0 radical (unpaired) electrons. The fourth-order valence-corrected chi connectivity index (χ4v) is 1.10. The van der Waals surface area contributed by atoms with Gasteiger partial charge in [-0.25, -0.2) is 8.78 Å². The third-order valence-corrected chi connectivity index (χ3v) is 1.86. The molecule has 0 atom stereocenters. The summed E-state index contributed by atoms with van der Waals surface area (Å²) in [6.45, 7) is 3.47. The first-order valence-electron chi connectivity index (χ1n) is 3.87. The molecule has 0 aromatic heterocycles. The summed E-state index contributed by atoms with van der Waals surface area (Å²) in [7, 11) is 0. The molecule has 0 aliphatic heterocycles. The number of halogens is 3. The topological polar surface area (TPSA) is 0 Å². The van der Waals surface area contributed by atoms with Crippen molar-refractivity contribution in [3.63, 3.8) is 0 Å². The van der Waals surface area contributed by atoms with Crippen LogP contribution in [-0.4, -0.2) is 0 Å². The Labute approximate surface area is 80.8 Å². The van der Waals surface area contributed by atoms with Crippen molar-refractivity contribution in [2.75, 3.05) is 0 Å². The molecule has 0 N–H and O–H groups in total. The van der Waals surface area contributed by atoms with Crippen LogP contribution in [0.4, 0.5) is 8.78 Å². The Hall–Kier alpha value is -0.890. The smallest absolute Gasteiger partial charge is 0.126 e. The van der Waals surface area contributed by atoms with E-state index in [2.05, 4.69) is 6.58 Å². The highest BCUT2D eigenvalue weighted by atomic mass is 35.5. The molecule has 0 fully saturated rings. The van der Waals surface area contributed by atoms with Gasteiger partial charge in [0.25, 0.3) is 0 Å². The molecule has 0 aliphatic rings. The lowest BCUT2D eigenvalue weighted by Crippen LogP contribution is -1.91. The van der Waals surface area contributed by atoms with Crippen LogP contribution < -0.4 is 0 Å². The van der Waals surface area contributed by atoms with Crippen molar-refractivity contribution in [2.45, 2.75) is 12.8 Å². The molecule has 1 aromatic carbocycles. The Bertz CT molecular complexity index is 321. The van der Waals surface area contributed by atoms with Crippen LogP contribution in [0.2, 0.25) is 0 Å². The second-order valence-corrected chi connectivity index (χ2v) is 3.29. The lowest BCUT2D eigenvalue weighted by molar-refractivity contribution is 0.584. The number of allylic oxidation sites excluding steroid dienone is 1. The molecule has 3 heteroatoms. The van der Waals surface area contributed by atoms with Gasteiger partial charge in [0.2, 0.25) is 0 Å². The molecule has 1 aromatic rings. The number of aryl methyl sites for hydroxylation is 1. The van der Waals surface area contributed by atoms with E-state index >= 15 is 0 Å². The highest BCUT2D eigenvalue weighted by molar-refractivity contribution is 6.29. The third kappa shape index (κ3) is 3.15. The molecule has 0 aliphatic carbocycles. The standard InChI is InChI=1S/C10H9ClF2/c1-7(11)2-3-8-6-9(12)4-5-10(8)13/h4-6H,1-3H2. The summed E-state index contributed by atoms with van der Waals surface area (Å²) >= 11 is 5.51. The Morgan fingerprint density at radius 2 is 2.08 bits per heavy atom. The summed E-state index contributed by atoms with van der Waals surface area (Å²) in [6.07, 6.45) is 0.841. The molecule has 0 saturated carbocycles. The van der Waals surface area contributed by atoms with Gasteiger partial charge in [-0.3, -0.25) is 0 Å². The maximum absolute atomic E-state index is 13.0. The van der Waals surface area contributed by atoms with Crippen molar-refractivity contribution in [2.24, 2.45) is 0 Å². The minimum absolute atomic E-state index is 0.335. The maximum atomic E-state index is 13.0. The quantitative estimate of drug-likeness (QED) is 0.702. The fraction of sp³-hybridized carbons (Fsp3) is 0.200. The summed E-state index contributed by atoms with van der Waals surface area (Å²) < 4.78 is 25.6. The van der Waals surface area contributed by atoms with E-state index in [1.807, 2.05) is 0 Å². The van der Waals surface area contributed by atoms with Gasteiger partial charge in [-0.2, -0.15) is 0 Å². The van der Waals surface area contributed by atoms with Gasteiger partial charge in [-0.05, 0) is 36.6 Å². The van der Waals surface area contributed by atoms with E-state index in [0.29, 0.717) is 23.4 Å². The van der Waals surface area contributed by atoms with Gasteiger partial charge in [-0.15, -0.1) is 0 Å². The van der Waals surface area contributed by atoms with Crippen molar-refractivity contribution >= 4 is 11.6 Å². The van der Waals surface area contributed by atoms with Gasteiger partial charge >= 0.3 is 0 Å². The number of benzene rings is 1. The summed E-state index contributed by atoms with van der Waals surface area (Å²) in [6, 6.07) is 3.38. The molecule has 1 rings (SSSR count). The Balaban J connectivity index is 2.75. The summed E-state index contributed by atoms with van der Waals surface area (Å²) in [5.74, 6) is -0.837. The van der Waals surface area contributed by atoms with Gasteiger partial charge in [0, 0.05) is 5.03 Å². The predicted octanol–water partition coefficient (Wildman–Crippen LogP) is 3.65. The summed E-state index contributed by atoms with van der Waals surface area (Å²) in [5.41, 5.74) is 0.335. The second-order valence-electron chi connectivity index (χ2n) is 2.75. The van der Waals surface area contributed by atoms with Crippen molar-refractivity contribution in [3.05, 3.63) is 47.0 Å². The zero-order valence-corrected chi connectivity index (χ0v) is 7.74. The minimum Gasteiger partial charge on any atom is -0.207 e. The monoisotopic (exact) mass is 202 g/mol. The highest BCUT2D eigenvalue weighted by Gasteiger charge is 2.03. The van der Waals surface area contributed by atoms with Crippen molar-refractivity contribution in [1.29, 1.82) is 0 Å². The zero-order valence-electron chi connectivity index (χ0n) is 6.99. The average Bonchev–Trinajstić information content (AvgIpc) is 2.06. The molecule has 0 amide bonds. The van der Waals surface area contributed by atoms with Crippen LogP contribution in [0.3, 0.4) is 0 Å². The first-order chi connectivity index (χ1) is 6.09. The molecule has 0 bridgehead atoms. The Kier molecular flexibility index (Phi) is 3.43. The van der Waals surface area contributed by atoms with E-state index in [9.17, 15) is 8.78 Å². The lowest BCUT2D eigenvalue weighted by Gasteiger charge is -2.01. The maximum Gasteiger partial charge on any atom is 0.126 e. The van der Waals surface area contributed by atoms with Crippen LogP contribution in [-0.2, 0) is 6.42 Å². The molecule has 13 heavy (non-hydrogen) atoms.